The molecule has 16 heavy (non-hydrogen) atoms. The minimum absolute atomic E-state index is 0.759. The van der Waals surface area contributed by atoms with Crippen molar-refractivity contribution < 1.29 is 0 Å². The molecule has 0 bridgehead atoms. The fraction of sp³-hybridized carbons (Fsp3) is 0.769. The molecule has 1 fully saturated rings. The van der Waals surface area contributed by atoms with Crippen molar-refractivity contribution in [3.8, 4) is 0 Å². The van der Waals surface area contributed by atoms with Gasteiger partial charge in [-0.1, -0.05) is 19.3 Å². The van der Waals surface area contributed by atoms with Gasteiger partial charge in [0, 0.05) is 37.8 Å². The summed E-state index contributed by atoms with van der Waals surface area (Å²) in [5.41, 5.74) is 1.45. The number of rotatable bonds is 4. The first kappa shape index (κ1) is 11.6. The summed E-state index contributed by atoms with van der Waals surface area (Å²) in [7, 11) is 4.16. The Morgan fingerprint density at radius 3 is 2.81 bits per heavy atom. The summed E-state index contributed by atoms with van der Waals surface area (Å²) in [6.07, 6.45) is 10.0. The quantitative estimate of drug-likeness (QED) is 0.845. The minimum Gasteiger partial charge on any atom is -0.335 e. The summed E-state index contributed by atoms with van der Waals surface area (Å²) in [4.78, 5) is 4.55. The molecule has 0 spiro atoms. The van der Waals surface area contributed by atoms with Crippen LogP contribution < -0.4 is 5.32 Å². The Balaban J connectivity index is 2.06. The molecule has 2 rings (SSSR count). The van der Waals surface area contributed by atoms with E-state index in [1.54, 1.807) is 0 Å². The summed E-state index contributed by atoms with van der Waals surface area (Å²) >= 11 is 0. The number of likely N-dealkylation sites (N-methyl/N-ethyl adjacent to an activating group) is 1. The highest BCUT2D eigenvalue weighted by atomic mass is 15.1. The van der Waals surface area contributed by atoms with E-state index in [-0.39, 0.29) is 0 Å². The fourth-order valence-electron chi connectivity index (χ4n) is 2.71. The summed E-state index contributed by atoms with van der Waals surface area (Å²) in [5.74, 6) is 1.98. The third-order valence-corrected chi connectivity index (χ3v) is 3.74. The molecule has 1 heterocycles. The number of nitrogens with one attached hydrogen (secondary N) is 1. The Kier molecular flexibility index (Phi) is 3.99. The molecule has 1 saturated carbocycles. The Bertz CT molecular complexity index is 324. The van der Waals surface area contributed by atoms with Crippen molar-refractivity contribution >= 4 is 0 Å². The van der Waals surface area contributed by atoms with E-state index in [0.29, 0.717) is 0 Å². The van der Waals surface area contributed by atoms with Crippen LogP contribution in [0.3, 0.4) is 0 Å². The topological polar surface area (TPSA) is 29.9 Å². The Morgan fingerprint density at radius 1 is 1.38 bits per heavy atom. The predicted molar refractivity (Wildman–Crippen MR) is 66.7 cm³/mol. The molecule has 0 unspecified atom stereocenters. The van der Waals surface area contributed by atoms with Gasteiger partial charge in [0.05, 0.1) is 0 Å². The number of nitrogens with zero attached hydrogens (tertiary/aromatic N) is 2. The molecule has 1 aliphatic rings. The smallest absolute Gasteiger partial charge is 0.109 e. The number of imidazole rings is 1. The lowest BCUT2D eigenvalue weighted by atomic mass is 9.87. The van der Waals surface area contributed by atoms with Crippen LogP contribution in [0.15, 0.2) is 6.20 Å². The zero-order valence-electron chi connectivity index (χ0n) is 10.5. The molecule has 1 aromatic rings. The average Bonchev–Trinajstić information content (AvgIpc) is 2.69. The molecule has 0 atom stereocenters. The van der Waals surface area contributed by atoms with Gasteiger partial charge in [-0.2, -0.15) is 0 Å². The van der Waals surface area contributed by atoms with Crippen LogP contribution in [0.2, 0.25) is 0 Å². The van der Waals surface area contributed by atoms with Gasteiger partial charge in [0.15, 0.2) is 0 Å². The number of aromatic nitrogens is 2. The Labute approximate surface area is 98.3 Å². The molecular weight excluding hydrogens is 198 g/mol. The highest BCUT2D eigenvalue weighted by Crippen LogP contribution is 2.32. The lowest BCUT2D eigenvalue weighted by Gasteiger charge is -2.22. The van der Waals surface area contributed by atoms with Gasteiger partial charge in [-0.05, 0) is 19.9 Å². The molecule has 3 nitrogen and oxygen atoms in total. The molecule has 0 radical (unpaired) electrons. The van der Waals surface area contributed by atoms with Crippen LogP contribution in [0.5, 0.6) is 0 Å². The van der Waals surface area contributed by atoms with Gasteiger partial charge in [0.1, 0.15) is 5.82 Å². The van der Waals surface area contributed by atoms with E-state index in [4.69, 9.17) is 0 Å². The van der Waals surface area contributed by atoms with Crippen molar-refractivity contribution in [3.05, 3.63) is 17.7 Å². The molecule has 90 valence electrons. The summed E-state index contributed by atoms with van der Waals surface area (Å²) < 4.78 is 2.31. The van der Waals surface area contributed by atoms with E-state index in [1.165, 1.54) is 43.6 Å². The molecule has 0 aliphatic heterocycles. The predicted octanol–water partition coefficient (Wildman–Crippen LogP) is 2.23. The lowest BCUT2D eigenvalue weighted by Crippen LogP contribution is -2.15. The maximum Gasteiger partial charge on any atom is 0.109 e. The monoisotopic (exact) mass is 221 g/mol. The van der Waals surface area contributed by atoms with Crippen molar-refractivity contribution in [2.75, 3.05) is 13.6 Å². The van der Waals surface area contributed by atoms with Crippen LogP contribution >= 0.6 is 0 Å². The minimum atomic E-state index is 0.759. The first-order chi connectivity index (χ1) is 7.83. The molecular formula is C13H23N3. The molecule has 1 aliphatic carbocycles. The van der Waals surface area contributed by atoms with Crippen LogP contribution in [0, 0.1) is 0 Å². The SMILES string of the molecule is CNCCc1ncc(C2CCCCC2)n1C. The lowest BCUT2D eigenvalue weighted by molar-refractivity contribution is 0.428. The van der Waals surface area contributed by atoms with Crippen molar-refractivity contribution in [2.45, 2.75) is 44.4 Å². The summed E-state index contributed by atoms with van der Waals surface area (Å²) in [6.45, 7) is 1.01. The maximum absolute atomic E-state index is 4.55. The largest absolute Gasteiger partial charge is 0.335 e. The Hall–Kier alpha value is -0.830. The highest BCUT2D eigenvalue weighted by molar-refractivity contribution is 5.11. The van der Waals surface area contributed by atoms with Crippen LogP contribution in [0.1, 0.15) is 49.5 Å². The van der Waals surface area contributed by atoms with Gasteiger partial charge in [-0.15, -0.1) is 0 Å². The van der Waals surface area contributed by atoms with Gasteiger partial charge in [-0.25, -0.2) is 4.98 Å². The molecule has 1 N–H and O–H groups in total. The van der Waals surface area contributed by atoms with Crippen molar-refractivity contribution in [2.24, 2.45) is 7.05 Å². The maximum atomic E-state index is 4.55. The molecule has 0 aromatic carbocycles. The number of hydrogen-bond acceptors (Lipinski definition) is 2. The number of hydrogen-bond donors (Lipinski definition) is 1. The first-order valence-electron chi connectivity index (χ1n) is 6.48. The first-order valence-corrected chi connectivity index (χ1v) is 6.48. The van der Waals surface area contributed by atoms with Crippen molar-refractivity contribution in [1.82, 2.24) is 14.9 Å². The zero-order chi connectivity index (χ0) is 11.4. The van der Waals surface area contributed by atoms with Crippen LogP contribution in [0.25, 0.3) is 0 Å². The standard InChI is InChI=1S/C13H23N3/c1-14-9-8-13-15-10-12(16(13)2)11-6-4-3-5-7-11/h10-11,14H,3-9H2,1-2H3. The second-order valence-electron chi connectivity index (χ2n) is 4.85. The summed E-state index contributed by atoms with van der Waals surface area (Å²) in [6, 6.07) is 0. The van der Waals surface area contributed by atoms with Crippen molar-refractivity contribution in [1.29, 1.82) is 0 Å². The normalized spacial score (nSPS) is 17.9. The van der Waals surface area contributed by atoms with E-state index in [2.05, 4.69) is 28.1 Å². The summed E-state index contributed by atoms with van der Waals surface area (Å²) in [5, 5.41) is 3.18. The van der Waals surface area contributed by atoms with E-state index < -0.39 is 0 Å². The molecule has 0 amide bonds. The molecule has 3 heteroatoms. The average molecular weight is 221 g/mol. The third kappa shape index (κ3) is 2.46. The van der Waals surface area contributed by atoms with Crippen LogP contribution in [-0.2, 0) is 13.5 Å². The second kappa shape index (κ2) is 5.48. The van der Waals surface area contributed by atoms with Gasteiger partial charge in [0.2, 0.25) is 0 Å². The fourth-order valence-corrected chi connectivity index (χ4v) is 2.71. The molecule has 1 aromatic heterocycles. The zero-order valence-corrected chi connectivity index (χ0v) is 10.5. The van der Waals surface area contributed by atoms with E-state index in [1.807, 2.05) is 7.05 Å². The Morgan fingerprint density at radius 2 is 2.12 bits per heavy atom. The third-order valence-electron chi connectivity index (χ3n) is 3.74. The van der Waals surface area contributed by atoms with Crippen LogP contribution in [0.4, 0.5) is 0 Å². The van der Waals surface area contributed by atoms with Gasteiger partial charge in [-0.3, -0.25) is 0 Å². The highest BCUT2D eigenvalue weighted by Gasteiger charge is 2.19. The van der Waals surface area contributed by atoms with Crippen LogP contribution in [-0.4, -0.2) is 23.1 Å². The second-order valence-corrected chi connectivity index (χ2v) is 4.85. The van der Waals surface area contributed by atoms with Crippen molar-refractivity contribution in [3.63, 3.8) is 0 Å². The van der Waals surface area contributed by atoms with Gasteiger partial charge in [0.25, 0.3) is 0 Å². The van der Waals surface area contributed by atoms with Gasteiger partial charge >= 0.3 is 0 Å². The molecule has 0 saturated heterocycles. The van der Waals surface area contributed by atoms with Gasteiger partial charge < -0.3 is 9.88 Å². The van der Waals surface area contributed by atoms with E-state index >= 15 is 0 Å². The van der Waals surface area contributed by atoms with E-state index in [0.717, 1.165) is 18.9 Å². The van der Waals surface area contributed by atoms with E-state index in [9.17, 15) is 0 Å².